The summed E-state index contributed by atoms with van der Waals surface area (Å²) in [6, 6.07) is 14.0. The van der Waals surface area contributed by atoms with Crippen molar-refractivity contribution in [3.63, 3.8) is 0 Å². The van der Waals surface area contributed by atoms with Gasteiger partial charge in [-0.2, -0.15) is 4.68 Å². The molecule has 160 valence electrons. The normalized spacial score (nSPS) is 14.5. The fourth-order valence-electron chi connectivity index (χ4n) is 3.31. The van der Waals surface area contributed by atoms with E-state index in [2.05, 4.69) is 32.4 Å². The van der Waals surface area contributed by atoms with Gasteiger partial charge in [-0.05, 0) is 66.0 Å². The van der Waals surface area contributed by atoms with Crippen LogP contribution >= 0.6 is 11.8 Å². The number of aromatic carboxylic acids is 1. The Kier molecular flexibility index (Phi) is 6.28. The van der Waals surface area contributed by atoms with Gasteiger partial charge in [0.15, 0.2) is 5.78 Å². The summed E-state index contributed by atoms with van der Waals surface area (Å²) in [5, 5.41) is 21.1. The second-order valence-electron chi connectivity index (χ2n) is 7.27. The zero-order valence-corrected chi connectivity index (χ0v) is 17.8. The van der Waals surface area contributed by atoms with Crippen LogP contribution in [0.25, 0.3) is 5.69 Å². The molecule has 1 N–H and O–H groups in total. The number of carboxylic acid groups (broad SMARTS) is 1. The number of hydrogen-bond acceptors (Lipinski definition) is 8. The van der Waals surface area contributed by atoms with Gasteiger partial charge in [-0.3, -0.25) is 4.79 Å². The molecule has 0 atom stereocenters. The minimum absolute atomic E-state index is 0.00861. The van der Waals surface area contributed by atoms with Gasteiger partial charge in [-0.1, -0.05) is 11.8 Å². The number of carbonyl (C=O) groups is 2. The van der Waals surface area contributed by atoms with Crippen molar-refractivity contribution in [2.24, 2.45) is 0 Å². The van der Waals surface area contributed by atoms with Crippen LogP contribution in [-0.4, -0.2) is 80.9 Å². The number of piperazine rings is 1. The Morgan fingerprint density at radius 2 is 1.55 bits per heavy atom. The molecule has 2 heterocycles. The first-order valence-corrected chi connectivity index (χ1v) is 10.8. The number of hydrogen-bond donors (Lipinski definition) is 1. The zero-order chi connectivity index (χ0) is 21.8. The van der Waals surface area contributed by atoms with Crippen molar-refractivity contribution in [1.29, 1.82) is 0 Å². The number of ketones is 1. The third-order valence-corrected chi connectivity index (χ3v) is 6.11. The molecule has 4 rings (SSSR count). The van der Waals surface area contributed by atoms with E-state index >= 15 is 0 Å². The molecule has 1 aromatic heterocycles. The summed E-state index contributed by atoms with van der Waals surface area (Å²) < 4.78 is 1.49. The first-order chi connectivity index (χ1) is 15.0. The maximum absolute atomic E-state index is 12.7. The molecule has 3 aromatic rings. The van der Waals surface area contributed by atoms with Gasteiger partial charge in [0, 0.05) is 37.4 Å². The number of benzene rings is 2. The fraction of sp³-hybridized carbons (Fsp3) is 0.286. The Hall–Kier alpha value is -3.24. The maximum atomic E-state index is 12.7. The largest absolute Gasteiger partial charge is 0.478 e. The first-order valence-electron chi connectivity index (χ1n) is 9.83. The minimum Gasteiger partial charge on any atom is -0.478 e. The van der Waals surface area contributed by atoms with Crippen LogP contribution in [0, 0.1) is 0 Å². The number of carbonyl (C=O) groups excluding carboxylic acids is 1. The second-order valence-corrected chi connectivity index (χ2v) is 8.22. The molecular weight excluding hydrogens is 416 g/mol. The molecule has 1 aliphatic heterocycles. The van der Waals surface area contributed by atoms with Crippen LogP contribution in [0.5, 0.6) is 0 Å². The maximum Gasteiger partial charge on any atom is 0.335 e. The number of thioether (sulfide) groups is 1. The monoisotopic (exact) mass is 438 g/mol. The van der Waals surface area contributed by atoms with Crippen LogP contribution in [0.15, 0.2) is 53.7 Å². The van der Waals surface area contributed by atoms with Crippen LogP contribution in [0.3, 0.4) is 0 Å². The summed E-state index contributed by atoms with van der Waals surface area (Å²) in [6.07, 6.45) is 0. The van der Waals surface area contributed by atoms with E-state index in [-0.39, 0.29) is 17.1 Å². The van der Waals surface area contributed by atoms with Crippen LogP contribution in [0.1, 0.15) is 20.7 Å². The molecule has 9 nitrogen and oxygen atoms in total. The van der Waals surface area contributed by atoms with E-state index in [1.54, 1.807) is 12.1 Å². The average Bonchev–Trinajstić information content (AvgIpc) is 3.27. The van der Waals surface area contributed by atoms with Crippen molar-refractivity contribution in [3.05, 3.63) is 59.7 Å². The van der Waals surface area contributed by atoms with E-state index < -0.39 is 5.97 Å². The molecule has 0 spiro atoms. The summed E-state index contributed by atoms with van der Waals surface area (Å²) in [6.45, 7) is 4.03. The van der Waals surface area contributed by atoms with Crippen molar-refractivity contribution >= 4 is 29.2 Å². The fourth-order valence-corrected chi connectivity index (χ4v) is 4.10. The highest BCUT2D eigenvalue weighted by atomic mass is 32.2. The number of carboxylic acids is 1. The molecule has 1 saturated heterocycles. The van der Waals surface area contributed by atoms with Gasteiger partial charge in [-0.15, -0.1) is 5.10 Å². The van der Waals surface area contributed by atoms with Crippen molar-refractivity contribution < 1.29 is 14.7 Å². The number of anilines is 1. The minimum atomic E-state index is -0.998. The predicted octanol–water partition coefficient (Wildman–Crippen LogP) is 2.09. The molecule has 31 heavy (non-hydrogen) atoms. The number of tetrazole rings is 1. The van der Waals surface area contributed by atoms with E-state index in [1.165, 1.54) is 28.6 Å². The number of aromatic nitrogens is 4. The predicted molar refractivity (Wildman–Crippen MR) is 117 cm³/mol. The third-order valence-electron chi connectivity index (χ3n) is 5.19. The Bertz CT molecular complexity index is 1060. The van der Waals surface area contributed by atoms with Crippen LogP contribution < -0.4 is 4.90 Å². The zero-order valence-electron chi connectivity index (χ0n) is 17.0. The van der Waals surface area contributed by atoms with E-state index in [9.17, 15) is 9.59 Å². The smallest absolute Gasteiger partial charge is 0.335 e. The van der Waals surface area contributed by atoms with Gasteiger partial charge in [0.25, 0.3) is 0 Å². The standard InChI is InChI=1S/C21H22N6O3S/c1-25-10-12-26(13-11-25)17-6-2-15(3-7-17)19(28)14-31-21-22-23-24-27(21)18-8-4-16(5-9-18)20(29)30/h2-9H,10-14H2,1H3,(H,29,30). The van der Waals surface area contributed by atoms with E-state index in [4.69, 9.17) is 5.11 Å². The summed E-state index contributed by atoms with van der Waals surface area (Å²) in [4.78, 5) is 28.3. The van der Waals surface area contributed by atoms with Crippen LogP contribution in [0.2, 0.25) is 0 Å². The lowest BCUT2D eigenvalue weighted by atomic mass is 10.1. The molecule has 0 bridgehead atoms. The molecule has 1 fully saturated rings. The Morgan fingerprint density at radius 3 is 2.19 bits per heavy atom. The van der Waals surface area contributed by atoms with Gasteiger partial charge >= 0.3 is 5.97 Å². The molecule has 0 saturated carbocycles. The molecule has 1 aliphatic rings. The molecule has 0 aliphatic carbocycles. The van der Waals surface area contributed by atoms with Crippen LogP contribution in [0.4, 0.5) is 5.69 Å². The van der Waals surface area contributed by atoms with Gasteiger partial charge in [0.05, 0.1) is 17.0 Å². The van der Waals surface area contributed by atoms with Crippen LogP contribution in [-0.2, 0) is 0 Å². The van der Waals surface area contributed by atoms with E-state index in [0.717, 1.165) is 31.9 Å². The molecule has 10 heteroatoms. The highest BCUT2D eigenvalue weighted by Crippen LogP contribution is 2.22. The summed E-state index contributed by atoms with van der Waals surface area (Å²) in [7, 11) is 2.12. The first kappa shape index (κ1) is 21.0. The number of Topliss-reactive ketones (excluding diaryl/α,β-unsaturated/α-hetero) is 1. The van der Waals surface area contributed by atoms with Crippen molar-refractivity contribution in [2.75, 3.05) is 43.9 Å². The highest BCUT2D eigenvalue weighted by molar-refractivity contribution is 7.99. The van der Waals surface area contributed by atoms with Gasteiger partial charge in [0.1, 0.15) is 0 Å². The SMILES string of the molecule is CN1CCN(c2ccc(C(=O)CSc3nnnn3-c3ccc(C(=O)O)cc3)cc2)CC1. The van der Waals surface area contributed by atoms with E-state index in [1.807, 2.05) is 24.3 Å². The molecule has 0 amide bonds. The highest BCUT2D eigenvalue weighted by Gasteiger charge is 2.16. The number of nitrogens with zero attached hydrogens (tertiary/aromatic N) is 6. The molecular formula is C21H22N6O3S. The topological polar surface area (TPSA) is 104 Å². The van der Waals surface area contributed by atoms with E-state index in [0.29, 0.717) is 16.4 Å². The second kappa shape index (κ2) is 9.27. The molecule has 2 aromatic carbocycles. The number of likely N-dealkylation sites (N-methyl/N-ethyl adjacent to an activating group) is 1. The third kappa shape index (κ3) is 4.92. The quantitative estimate of drug-likeness (QED) is 0.438. The van der Waals surface area contributed by atoms with Crippen molar-refractivity contribution in [3.8, 4) is 5.69 Å². The summed E-state index contributed by atoms with van der Waals surface area (Å²) in [5.41, 5.74) is 2.59. The number of rotatable bonds is 7. The molecule has 0 radical (unpaired) electrons. The lowest BCUT2D eigenvalue weighted by Crippen LogP contribution is -2.44. The average molecular weight is 439 g/mol. The lowest BCUT2D eigenvalue weighted by Gasteiger charge is -2.34. The lowest BCUT2D eigenvalue weighted by molar-refractivity contribution is 0.0696. The van der Waals surface area contributed by atoms with Crippen molar-refractivity contribution in [2.45, 2.75) is 5.16 Å². The Balaban J connectivity index is 1.38. The summed E-state index contributed by atoms with van der Waals surface area (Å²) in [5.74, 6) is -0.811. The molecule has 0 unspecified atom stereocenters. The summed E-state index contributed by atoms with van der Waals surface area (Å²) >= 11 is 1.24. The van der Waals surface area contributed by atoms with Crippen molar-refractivity contribution in [1.82, 2.24) is 25.1 Å². The Labute approximate surface area is 183 Å². The van der Waals surface area contributed by atoms with Gasteiger partial charge in [0.2, 0.25) is 5.16 Å². The van der Waals surface area contributed by atoms with Gasteiger partial charge < -0.3 is 14.9 Å². The Morgan fingerprint density at radius 1 is 0.935 bits per heavy atom. The van der Waals surface area contributed by atoms with Gasteiger partial charge in [-0.25, -0.2) is 4.79 Å².